The van der Waals surface area contributed by atoms with Crippen LogP contribution in [0.3, 0.4) is 0 Å². The third kappa shape index (κ3) is 15.5. The zero-order chi connectivity index (χ0) is 28.2. The van der Waals surface area contributed by atoms with E-state index in [0.29, 0.717) is 0 Å². The molecule has 1 saturated carbocycles. The van der Waals surface area contributed by atoms with Gasteiger partial charge in [0.1, 0.15) is 0 Å². The van der Waals surface area contributed by atoms with Crippen LogP contribution in [0.4, 0.5) is 17.3 Å². The molecule has 2 aliphatic heterocycles. The Kier molecular flexibility index (Phi) is 20.9. The Morgan fingerprint density at radius 2 is 0.711 bits per heavy atom. The van der Waals surface area contributed by atoms with Crippen molar-refractivity contribution >= 4 is 23.1 Å². The van der Waals surface area contributed by atoms with Crippen LogP contribution in [0.5, 0.6) is 0 Å². The standard InChI is InChI=1S/C22H44P2.C8H12.BF4.Rh/c1-15(2)19-9-10-20(16(3)4)23(19)13-14-24-21(17(5)6)11-12-22(24)18(7)8;1-2-4-6-8-7-5-3-1;2-1(3,4)5;/h15-22H,9-14H2,1-8H3;1-2,7-8H,3-6H2;;/q;;-1;/t19-,20-,21-,22-;;;/m0.../s1. The maximum atomic E-state index is 9.75. The summed E-state index contributed by atoms with van der Waals surface area (Å²) >= 11 is 0. The zero-order valence-corrected chi connectivity index (χ0v) is 28.7. The monoisotopic (exact) mass is 668 g/mol. The van der Waals surface area contributed by atoms with Gasteiger partial charge in [-0.05, 0) is 136 Å². The second-order valence-electron chi connectivity index (χ2n) is 12.5. The summed E-state index contributed by atoms with van der Waals surface area (Å²) in [6, 6.07) is 0. The molecule has 0 aromatic carbocycles. The summed E-state index contributed by atoms with van der Waals surface area (Å²) in [4.78, 5) is 0. The van der Waals surface area contributed by atoms with Crippen molar-refractivity contribution < 1.29 is 36.7 Å². The van der Waals surface area contributed by atoms with Crippen molar-refractivity contribution in [2.24, 2.45) is 23.7 Å². The van der Waals surface area contributed by atoms with E-state index in [2.05, 4.69) is 81.1 Å². The van der Waals surface area contributed by atoms with Crippen LogP contribution >= 0.6 is 15.8 Å². The Balaban J connectivity index is 0.000000804. The van der Waals surface area contributed by atoms with E-state index in [0.717, 1.165) is 46.3 Å². The van der Waals surface area contributed by atoms with Gasteiger partial charge in [0.05, 0.1) is 0 Å². The van der Waals surface area contributed by atoms with Gasteiger partial charge in [-0.2, -0.15) is 0 Å². The first-order valence-electron chi connectivity index (χ1n) is 14.9. The van der Waals surface area contributed by atoms with Crippen molar-refractivity contribution in [2.75, 3.05) is 12.3 Å². The molecule has 4 atom stereocenters. The van der Waals surface area contributed by atoms with Gasteiger partial charge in [0.15, 0.2) is 0 Å². The summed E-state index contributed by atoms with van der Waals surface area (Å²) in [6.45, 7) is 20.0. The summed E-state index contributed by atoms with van der Waals surface area (Å²) in [6.07, 6.45) is 23.4. The van der Waals surface area contributed by atoms with Gasteiger partial charge in [-0.1, -0.05) is 71.2 Å². The predicted octanol–water partition coefficient (Wildman–Crippen LogP) is 11.3. The molecule has 1 aliphatic carbocycles. The molecule has 0 aromatic heterocycles. The van der Waals surface area contributed by atoms with Crippen LogP contribution in [0.2, 0.25) is 0 Å². The van der Waals surface area contributed by atoms with Crippen molar-refractivity contribution in [1.29, 1.82) is 0 Å². The van der Waals surface area contributed by atoms with Crippen molar-refractivity contribution in [3.8, 4) is 0 Å². The molecule has 0 bridgehead atoms. The van der Waals surface area contributed by atoms with E-state index in [1.807, 2.05) is 0 Å². The maximum Gasteiger partial charge on any atom is 0.673 e. The van der Waals surface area contributed by atoms with E-state index in [1.165, 1.54) is 51.4 Å². The van der Waals surface area contributed by atoms with Crippen molar-refractivity contribution in [1.82, 2.24) is 0 Å². The van der Waals surface area contributed by atoms with Crippen LogP contribution in [0, 0.1) is 49.4 Å². The second kappa shape index (κ2) is 20.2. The first kappa shape index (κ1) is 39.3. The normalized spacial score (nSPS) is 27.5. The van der Waals surface area contributed by atoms with E-state index < -0.39 is 7.25 Å². The predicted molar refractivity (Wildman–Crippen MR) is 162 cm³/mol. The van der Waals surface area contributed by atoms with E-state index in [4.69, 9.17) is 0 Å². The molecule has 3 aliphatic rings. The summed E-state index contributed by atoms with van der Waals surface area (Å²) in [5.74, 6) is 3.66. The van der Waals surface area contributed by atoms with Crippen LogP contribution in [-0.2, 0) is 19.5 Å². The Labute approximate surface area is 250 Å². The van der Waals surface area contributed by atoms with E-state index in [1.54, 1.807) is 12.3 Å². The smallest absolute Gasteiger partial charge is 0.418 e. The van der Waals surface area contributed by atoms with E-state index in [-0.39, 0.29) is 35.3 Å². The second-order valence-corrected chi connectivity index (χ2v) is 18.1. The quantitative estimate of drug-likeness (QED) is 0.144. The molecule has 0 nitrogen and oxygen atoms in total. The molecule has 0 amide bonds. The summed E-state index contributed by atoms with van der Waals surface area (Å²) in [5, 5.41) is 0. The first-order chi connectivity index (χ1) is 17.2. The van der Waals surface area contributed by atoms with Crippen LogP contribution < -0.4 is 0 Å². The topological polar surface area (TPSA) is 0 Å². The molecule has 0 spiro atoms. The molecule has 5 radical (unpaired) electrons. The molecule has 38 heavy (non-hydrogen) atoms. The zero-order valence-electron chi connectivity index (χ0n) is 25.3. The summed E-state index contributed by atoms with van der Waals surface area (Å²) in [7, 11) is -5.45. The summed E-state index contributed by atoms with van der Waals surface area (Å²) in [5.41, 5.74) is 4.28. The molecule has 3 fully saturated rings. The van der Waals surface area contributed by atoms with Crippen LogP contribution in [0.1, 0.15) is 107 Å². The molecule has 0 unspecified atom stereocenters. The fourth-order valence-electron chi connectivity index (χ4n) is 6.45. The van der Waals surface area contributed by atoms with Gasteiger partial charge >= 0.3 is 7.25 Å². The minimum Gasteiger partial charge on any atom is -0.418 e. The van der Waals surface area contributed by atoms with Crippen LogP contribution in [0.15, 0.2) is 0 Å². The van der Waals surface area contributed by atoms with Gasteiger partial charge in [-0.3, -0.25) is 0 Å². The minimum atomic E-state index is -6.00. The van der Waals surface area contributed by atoms with Gasteiger partial charge in [-0.15, -0.1) is 0 Å². The van der Waals surface area contributed by atoms with Gasteiger partial charge < -0.3 is 17.3 Å². The largest absolute Gasteiger partial charge is 0.673 e. The average molecular weight is 668 g/mol. The molecule has 8 heteroatoms. The summed E-state index contributed by atoms with van der Waals surface area (Å²) < 4.78 is 39.0. The minimum absolute atomic E-state index is 0. The molecule has 2 heterocycles. The Bertz CT molecular complexity index is 491. The maximum absolute atomic E-state index is 9.75. The Hall–Kier alpha value is 1.27. The Morgan fingerprint density at radius 3 is 0.868 bits per heavy atom. The molecule has 227 valence electrons. The molecular formula is C30H56BF4P2Rh-. The van der Waals surface area contributed by atoms with Crippen molar-refractivity contribution in [3.05, 3.63) is 25.7 Å². The third-order valence-electron chi connectivity index (χ3n) is 8.25. The number of hydrogen-bond donors (Lipinski definition) is 0. The van der Waals surface area contributed by atoms with Gasteiger partial charge in [-0.25, -0.2) is 0 Å². The van der Waals surface area contributed by atoms with Crippen LogP contribution in [-0.4, -0.2) is 42.2 Å². The molecule has 3 rings (SSSR count). The van der Waals surface area contributed by atoms with E-state index in [9.17, 15) is 17.3 Å². The van der Waals surface area contributed by atoms with Crippen molar-refractivity contribution in [2.45, 2.75) is 129 Å². The first-order valence-corrected chi connectivity index (χ1v) is 18.3. The molecule has 0 N–H and O–H groups in total. The fourth-order valence-corrected chi connectivity index (χ4v) is 15.6. The average Bonchev–Trinajstić information content (AvgIpc) is 3.35. The number of rotatable bonds is 7. The molecule has 2 saturated heterocycles. The fraction of sp³-hybridized carbons (Fsp3) is 0.867. The number of hydrogen-bond acceptors (Lipinski definition) is 0. The van der Waals surface area contributed by atoms with E-state index >= 15 is 0 Å². The van der Waals surface area contributed by atoms with Crippen LogP contribution in [0.25, 0.3) is 0 Å². The third-order valence-corrected chi connectivity index (χ3v) is 16.9. The van der Waals surface area contributed by atoms with Crippen molar-refractivity contribution in [3.63, 3.8) is 0 Å². The Morgan fingerprint density at radius 1 is 0.526 bits per heavy atom. The number of halogens is 4. The van der Waals surface area contributed by atoms with Gasteiger partial charge in [0.2, 0.25) is 0 Å². The molecule has 0 aromatic rings. The molecular weight excluding hydrogens is 612 g/mol. The van der Waals surface area contributed by atoms with Gasteiger partial charge in [0.25, 0.3) is 0 Å². The van der Waals surface area contributed by atoms with Gasteiger partial charge in [0, 0.05) is 19.5 Å². The SMILES string of the molecule is CC(C)[C@@H]1CC[C@@H](C(C)C)P1CCP1[C@H](C(C)C)CC[C@H]1C(C)C.F[B-](F)(F)F.[CH]1[CH]CC[CH][CH]CC1.[Rh].